The van der Waals surface area contributed by atoms with Gasteiger partial charge in [0.2, 0.25) is 0 Å². The minimum atomic E-state index is -0.229. The molecule has 4 heteroatoms. The molecule has 0 radical (unpaired) electrons. The van der Waals surface area contributed by atoms with E-state index in [0.29, 0.717) is 12.5 Å². The van der Waals surface area contributed by atoms with Gasteiger partial charge >= 0.3 is 0 Å². The lowest BCUT2D eigenvalue weighted by Gasteiger charge is -2.08. The molecule has 88 valence electrons. The molecule has 1 aliphatic carbocycles. The number of hydrogen-bond acceptors (Lipinski definition) is 2. The van der Waals surface area contributed by atoms with Gasteiger partial charge in [-0.25, -0.2) is 9.07 Å². The second kappa shape index (κ2) is 3.96. The van der Waals surface area contributed by atoms with Crippen LogP contribution in [-0.2, 0) is 6.54 Å². The van der Waals surface area contributed by atoms with E-state index >= 15 is 0 Å². The molecule has 1 aromatic heterocycles. The highest BCUT2D eigenvalue weighted by Crippen LogP contribution is 2.42. The van der Waals surface area contributed by atoms with E-state index in [1.54, 1.807) is 12.1 Å². The summed E-state index contributed by atoms with van der Waals surface area (Å²) in [6, 6.07) is 6.40. The van der Waals surface area contributed by atoms with Crippen molar-refractivity contribution in [1.82, 2.24) is 9.78 Å². The van der Waals surface area contributed by atoms with Crippen molar-refractivity contribution in [1.29, 1.82) is 0 Å². The molecule has 1 aromatic carbocycles. The maximum absolute atomic E-state index is 12.9. The summed E-state index contributed by atoms with van der Waals surface area (Å²) in [6.45, 7) is 0.507. The van der Waals surface area contributed by atoms with Crippen LogP contribution in [0.1, 0.15) is 30.0 Å². The number of hydrogen-bond donors (Lipinski definition) is 1. The molecule has 3 rings (SSSR count). The molecular weight excluding hydrogens is 217 g/mol. The van der Waals surface area contributed by atoms with Crippen molar-refractivity contribution in [3.63, 3.8) is 0 Å². The van der Waals surface area contributed by atoms with Crippen molar-refractivity contribution in [2.45, 2.75) is 25.3 Å². The fourth-order valence-corrected chi connectivity index (χ4v) is 2.13. The lowest BCUT2D eigenvalue weighted by molar-refractivity contribution is 0.626. The Morgan fingerprint density at radius 1 is 1.29 bits per heavy atom. The van der Waals surface area contributed by atoms with Gasteiger partial charge in [0.25, 0.3) is 0 Å². The molecule has 17 heavy (non-hydrogen) atoms. The monoisotopic (exact) mass is 231 g/mol. The molecule has 0 saturated heterocycles. The first-order valence-electron chi connectivity index (χ1n) is 5.82. The Hall–Kier alpha value is -1.68. The fraction of sp³-hybridized carbons (Fsp3) is 0.308. The molecule has 0 atom stereocenters. The van der Waals surface area contributed by atoms with Crippen LogP contribution < -0.4 is 5.73 Å². The average molecular weight is 231 g/mol. The number of nitrogens with two attached hydrogens (primary N) is 1. The molecule has 0 unspecified atom stereocenters. The largest absolute Gasteiger partial charge is 0.326 e. The topological polar surface area (TPSA) is 43.8 Å². The quantitative estimate of drug-likeness (QED) is 0.881. The Labute approximate surface area is 99.1 Å². The van der Waals surface area contributed by atoms with E-state index in [-0.39, 0.29) is 5.82 Å². The molecule has 2 N–H and O–H groups in total. The van der Waals surface area contributed by atoms with Gasteiger partial charge < -0.3 is 5.73 Å². The summed E-state index contributed by atoms with van der Waals surface area (Å²) in [6.07, 6.45) is 4.21. The summed E-state index contributed by atoms with van der Waals surface area (Å²) in [5, 5.41) is 4.36. The molecule has 3 nitrogen and oxygen atoms in total. The minimum absolute atomic E-state index is 0.229. The molecule has 1 fully saturated rings. The van der Waals surface area contributed by atoms with Crippen molar-refractivity contribution in [3.8, 4) is 5.69 Å². The van der Waals surface area contributed by atoms with E-state index in [0.717, 1.165) is 11.3 Å². The maximum Gasteiger partial charge on any atom is 0.123 e. The Bertz CT molecular complexity index is 526. The minimum Gasteiger partial charge on any atom is -0.326 e. The van der Waals surface area contributed by atoms with Gasteiger partial charge in [-0.05, 0) is 37.1 Å². The van der Waals surface area contributed by atoms with Crippen LogP contribution >= 0.6 is 0 Å². The first kappa shape index (κ1) is 10.5. The van der Waals surface area contributed by atoms with Gasteiger partial charge in [-0.15, -0.1) is 0 Å². The second-order valence-corrected chi connectivity index (χ2v) is 4.42. The van der Waals surface area contributed by atoms with E-state index < -0.39 is 0 Å². The van der Waals surface area contributed by atoms with Crippen LogP contribution in [0.2, 0.25) is 0 Å². The van der Waals surface area contributed by atoms with Gasteiger partial charge in [0, 0.05) is 18.0 Å². The molecule has 1 aliphatic rings. The van der Waals surface area contributed by atoms with E-state index in [2.05, 4.69) is 5.10 Å². The average Bonchev–Trinajstić information content (AvgIpc) is 3.10. The van der Waals surface area contributed by atoms with Gasteiger partial charge in [0.1, 0.15) is 5.82 Å². The van der Waals surface area contributed by atoms with E-state index in [4.69, 9.17) is 5.73 Å². The highest BCUT2D eigenvalue weighted by atomic mass is 19.1. The smallest absolute Gasteiger partial charge is 0.123 e. The second-order valence-electron chi connectivity index (χ2n) is 4.42. The lowest BCUT2D eigenvalue weighted by Crippen LogP contribution is -2.05. The predicted molar refractivity (Wildman–Crippen MR) is 63.4 cm³/mol. The number of rotatable bonds is 3. The Morgan fingerprint density at radius 2 is 2.00 bits per heavy atom. The Morgan fingerprint density at radius 3 is 2.59 bits per heavy atom. The summed E-state index contributed by atoms with van der Waals surface area (Å²) in [5.41, 5.74) is 8.90. The van der Waals surface area contributed by atoms with Crippen LogP contribution in [0, 0.1) is 5.82 Å². The molecular formula is C13H14FN3. The van der Waals surface area contributed by atoms with Crippen LogP contribution in [0.15, 0.2) is 30.5 Å². The zero-order valence-electron chi connectivity index (χ0n) is 9.44. The predicted octanol–water partition coefficient (Wildman–Crippen LogP) is 2.35. The highest BCUT2D eigenvalue weighted by Gasteiger charge is 2.30. The fourth-order valence-electron chi connectivity index (χ4n) is 2.13. The lowest BCUT2D eigenvalue weighted by atomic mass is 10.1. The third kappa shape index (κ3) is 1.85. The standard InChI is InChI=1S/C13H14FN3/c14-11-3-5-12(6-4-11)17-13(9-1-2-9)10(7-15)8-16-17/h3-6,8-9H,1-2,7,15H2. The van der Waals surface area contributed by atoms with Gasteiger partial charge in [0.05, 0.1) is 17.6 Å². The maximum atomic E-state index is 12.9. The number of aromatic nitrogens is 2. The summed E-state index contributed by atoms with van der Waals surface area (Å²) in [5.74, 6) is 0.342. The number of benzene rings is 1. The van der Waals surface area contributed by atoms with E-state index in [9.17, 15) is 4.39 Å². The third-order valence-electron chi connectivity index (χ3n) is 3.14. The number of halogens is 1. The molecule has 0 bridgehead atoms. The first-order valence-corrected chi connectivity index (χ1v) is 5.82. The van der Waals surface area contributed by atoms with Crippen molar-refractivity contribution in [3.05, 3.63) is 47.5 Å². The molecule has 0 spiro atoms. The van der Waals surface area contributed by atoms with Crippen LogP contribution in [0.4, 0.5) is 4.39 Å². The van der Waals surface area contributed by atoms with Crippen molar-refractivity contribution < 1.29 is 4.39 Å². The summed E-state index contributed by atoms with van der Waals surface area (Å²) in [7, 11) is 0. The Balaban J connectivity index is 2.07. The van der Waals surface area contributed by atoms with Crippen LogP contribution in [-0.4, -0.2) is 9.78 Å². The first-order chi connectivity index (χ1) is 8.29. The zero-order chi connectivity index (χ0) is 11.8. The van der Waals surface area contributed by atoms with Gasteiger partial charge in [-0.3, -0.25) is 0 Å². The summed E-state index contributed by atoms with van der Waals surface area (Å²) in [4.78, 5) is 0. The zero-order valence-corrected chi connectivity index (χ0v) is 9.44. The highest BCUT2D eigenvalue weighted by molar-refractivity contribution is 5.38. The van der Waals surface area contributed by atoms with Gasteiger partial charge in [-0.1, -0.05) is 0 Å². The molecule has 0 amide bonds. The van der Waals surface area contributed by atoms with Gasteiger partial charge in [0.15, 0.2) is 0 Å². The van der Waals surface area contributed by atoms with Crippen molar-refractivity contribution in [2.75, 3.05) is 0 Å². The van der Waals surface area contributed by atoms with Crippen LogP contribution in [0.25, 0.3) is 5.69 Å². The summed E-state index contributed by atoms with van der Waals surface area (Å²) >= 11 is 0. The van der Waals surface area contributed by atoms with E-state index in [1.807, 2.05) is 10.9 Å². The summed E-state index contributed by atoms with van der Waals surface area (Å²) < 4.78 is 14.8. The van der Waals surface area contributed by atoms with Gasteiger partial charge in [-0.2, -0.15) is 5.10 Å². The molecule has 1 saturated carbocycles. The van der Waals surface area contributed by atoms with Crippen LogP contribution in [0.3, 0.4) is 0 Å². The van der Waals surface area contributed by atoms with Crippen molar-refractivity contribution >= 4 is 0 Å². The third-order valence-corrected chi connectivity index (χ3v) is 3.14. The van der Waals surface area contributed by atoms with Crippen LogP contribution in [0.5, 0.6) is 0 Å². The van der Waals surface area contributed by atoms with E-state index in [1.165, 1.54) is 30.7 Å². The SMILES string of the molecule is NCc1cnn(-c2ccc(F)cc2)c1C1CC1. The normalized spacial score (nSPS) is 15.2. The van der Waals surface area contributed by atoms with Crippen molar-refractivity contribution in [2.24, 2.45) is 5.73 Å². The molecule has 2 aromatic rings. The Kier molecular flexibility index (Phi) is 2.44. The molecule has 0 aliphatic heterocycles. The molecule has 1 heterocycles. The number of nitrogens with zero attached hydrogens (tertiary/aromatic N) is 2.